The number of rotatable bonds is 5. The summed E-state index contributed by atoms with van der Waals surface area (Å²) in [6.07, 6.45) is 1.27. The lowest BCUT2D eigenvalue weighted by molar-refractivity contribution is 0.0147. The zero-order valence-corrected chi connectivity index (χ0v) is 16.4. The largest absolute Gasteiger partial charge is 0.481 e. The molecule has 27 heavy (non-hydrogen) atoms. The van der Waals surface area contributed by atoms with E-state index in [9.17, 15) is 9.59 Å². The molecule has 0 bridgehead atoms. The Labute approximate surface area is 160 Å². The monoisotopic (exact) mass is 379 g/mol. The minimum Gasteiger partial charge on any atom is -0.481 e. The van der Waals surface area contributed by atoms with Crippen molar-refractivity contribution in [3.05, 3.63) is 18.3 Å². The summed E-state index contributed by atoms with van der Waals surface area (Å²) in [5, 5.41) is 5.53. The molecule has 2 rings (SSSR count). The molecule has 0 atom stereocenters. The highest BCUT2D eigenvalue weighted by atomic mass is 16.6. The fraction of sp³-hybridized carbons (Fsp3) is 0.611. The van der Waals surface area contributed by atoms with Gasteiger partial charge < -0.3 is 25.0 Å². The highest BCUT2D eigenvalue weighted by Gasteiger charge is 2.25. The molecule has 9 heteroatoms. The van der Waals surface area contributed by atoms with Crippen molar-refractivity contribution in [3.63, 3.8) is 0 Å². The van der Waals surface area contributed by atoms with Gasteiger partial charge in [-0.25, -0.2) is 14.6 Å². The molecule has 2 heterocycles. The first kappa shape index (κ1) is 20.8. The number of nitrogens with zero attached hydrogens (tertiary/aromatic N) is 3. The van der Waals surface area contributed by atoms with Gasteiger partial charge in [-0.05, 0) is 26.8 Å². The van der Waals surface area contributed by atoms with Crippen LogP contribution in [0.25, 0.3) is 0 Å². The van der Waals surface area contributed by atoms with Crippen LogP contribution >= 0.6 is 0 Å². The van der Waals surface area contributed by atoms with Crippen molar-refractivity contribution in [3.8, 4) is 5.88 Å². The molecule has 1 fully saturated rings. The van der Waals surface area contributed by atoms with E-state index >= 15 is 0 Å². The number of urea groups is 1. The number of methoxy groups -OCH3 is 1. The van der Waals surface area contributed by atoms with Crippen LogP contribution in [0, 0.1) is 0 Å². The maximum atomic E-state index is 12.0. The molecule has 3 amide bonds. The number of carbonyl (C=O) groups excluding carboxylic acids is 2. The average Bonchev–Trinajstić information content (AvgIpc) is 2.61. The Balaban J connectivity index is 1.63. The predicted molar refractivity (Wildman–Crippen MR) is 102 cm³/mol. The summed E-state index contributed by atoms with van der Waals surface area (Å²) in [4.78, 5) is 31.9. The van der Waals surface area contributed by atoms with Crippen LogP contribution in [0.4, 0.5) is 15.3 Å². The van der Waals surface area contributed by atoms with E-state index in [-0.39, 0.29) is 12.1 Å². The Morgan fingerprint density at radius 3 is 2.44 bits per heavy atom. The van der Waals surface area contributed by atoms with Gasteiger partial charge in [0, 0.05) is 45.3 Å². The lowest BCUT2D eigenvalue weighted by Crippen LogP contribution is -2.51. The molecule has 0 aliphatic carbocycles. The number of hydrogen-bond donors (Lipinski definition) is 2. The molecule has 1 aromatic rings. The van der Waals surface area contributed by atoms with Gasteiger partial charge in [0.25, 0.3) is 0 Å². The van der Waals surface area contributed by atoms with Crippen LogP contribution in [0.3, 0.4) is 0 Å². The van der Waals surface area contributed by atoms with Gasteiger partial charge in [0.15, 0.2) is 0 Å². The van der Waals surface area contributed by atoms with E-state index in [0.29, 0.717) is 31.2 Å². The van der Waals surface area contributed by atoms with E-state index in [2.05, 4.69) is 20.5 Å². The molecule has 150 valence electrons. The van der Waals surface area contributed by atoms with Crippen LogP contribution in [0.1, 0.15) is 20.8 Å². The molecular formula is C18H29N5O4. The van der Waals surface area contributed by atoms with Crippen LogP contribution in [0.15, 0.2) is 18.3 Å². The topological polar surface area (TPSA) is 96.0 Å². The standard InChI is InChI=1S/C18H29N5O4/c1-18(2,3)27-17(25)23-11-9-22(10-12-23)8-7-19-16(24)21-14-5-6-15(26-4)20-13-14/h5-6,13H,7-12H2,1-4H3,(H2,19,21,24). The molecule has 9 nitrogen and oxygen atoms in total. The maximum Gasteiger partial charge on any atom is 0.410 e. The lowest BCUT2D eigenvalue weighted by atomic mass is 10.2. The van der Waals surface area contributed by atoms with Crippen molar-refractivity contribution in [2.75, 3.05) is 51.7 Å². The highest BCUT2D eigenvalue weighted by Crippen LogP contribution is 2.12. The average molecular weight is 379 g/mol. The van der Waals surface area contributed by atoms with E-state index in [1.165, 1.54) is 13.3 Å². The van der Waals surface area contributed by atoms with Gasteiger partial charge in [0.1, 0.15) is 5.60 Å². The molecule has 0 radical (unpaired) electrons. The molecule has 1 saturated heterocycles. The summed E-state index contributed by atoms with van der Waals surface area (Å²) in [5.41, 5.74) is 0.115. The Hall–Kier alpha value is -2.55. The molecule has 0 unspecified atom stereocenters. The summed E-state index contributed by atoms with van der Waals surface area (Å²) >= 11 is 0. The molecule has 0 saturated carbocycles. The number of hydrogen-bond acceptors (Lipinski definition) is 6. The van der Waals surface area contributed by atoms with Crippen LogP contribution in [0.5, 0.6) is 5.88 Å². The van der Waals surface area contributed by atoms with E-state index in [4.69, 9.17) is 9.47 Å². The Bertz CT molecular complexity index is 622. The number of piperazine rings is 1. The number of pyridine rings is 1. The lowest BCUT2D eigenvalue weighted by Gasteiger charge is -2.35. The van der Waals surface area contributed by atoms with Crippen molar-refractivity contribution in [2.45, 2.75) is 26.4 Å². The second-order valence-electron chi connectivity index (χ2n) is 7.28. The Morgan fingerprint density at radius 1 is 1.19 bits per heavy atom. The first-order valence-electron chi connectivity index (χ1n) is 9.02. The quantitative estimate of drug-likeness (QED) is 0.809. The third-order valence-corrected chi connectivity index (χ3v) is 3.94. The second kappa shape index (κ2) is 9.40. The minimum absolute atomic E-state index is 0.271. The summed E-state index contributed by atoms with van der Waals surface area (Å²) < 4.78 is 10.4. The second-order valence-corrected chi connectivity index (χ2v) is 7.28. The van der Waals surface area contributed by atoms with Crippen molar-refractivity contribution in [1.82, 2.24) is 20.1 Å². The van der Waals surface area contributed by atoms with Gasteiger partial charge in [-0.1, -0.05) is 0 Å². The van der Waals surface area contributed by atoms with Gasteiger partial charge in [-0.2, -0.15) is 0 Å². The highest BCUT2D eigenvalue weighted by molar-refractivity contribution is 5.88. The number of amides is 3. The first-order valence-corrected chi connectivity index (χ1v) is 9.02. The fourth-order valence-corrected chi connectivity index (χ4v) is 2.56. The summed E-state index contributed by atoms with van der Waals surface area (Å²) in [6.45, 7) is 9.57. The SMILES string of the molecule is COc1ccc(NC(=O)NCCN2CCN(C(=O)OC(C)(C)C)CC2)cn1. The molecule has 1 aliphatic rings. The van der Waals surface area contributed by atoms with Crippen molar-refractivity contribution in [1.29, 1.82) is 0 Å². The minimum atomic E-state index is -0.481. The zero-order valence-electron chi connectivity index (χ0n) is 16.4. The zero-order chi connectivity index (χ0) is 19.9. The third-order valence-electron chi connectivity index (χ3n) is 3.94. The number of nitrogens with one attached hydrogen (secondary N) is 2. The van der Waals surface area contributed by atoms with Gasteiger partial charge in [0.2, 0.25) is 5.88 Å². The third kappa shape index (κ3) is 7.30. The molecular weight excluding hydrogens is 350 g/mol. The van der Waals surface area contributed by atoms with Gasteiger partial charge in [-0.3, -0.25) is 4.90 Å². The van der Waals surface area contributed by atoms with Crippen LogP contribution in [0.2, 0.25) is 0 Å². The maximum absolute atomic E-state index is 12.0. The van der Waals surface area contributed by atoms with Crippen molar-refractivity contribution in [2.24, 2.45) is 0 Å². The van der Waals surface area contributed by atoms with Crippen molar-refractivity contribution >= 4 is 17.8 Å². The van der Waals surface area contributed by atoms with E-state index < -0.39 is 5.60 Å². The van der Waals surface area contributed by atoms with Crippen LogP contribution in [-0.2, 0) is 4.74 Å². The number of ether oxygens (including phenoxy) is 2. The molecule has 1 aromatic heterocycles. The van der Waals surface area contributed by atoms with E-state index in [0.717, 1.165) is 19.6 Å². The summed E-state index contributed by atoms with van der Waals surface area (Å²) in [6, 6.07) is 3.12. The van der Waals surface area contributed by atoms with Crippen molar-refractivity contribution < 1.29 is 19.1 Å². The number of carbonyl (C=O) groups is 2. The van der Waals surface area contributed by atoms with E-state index in [1.54, 1.807) is 17.0 Å². The molecule has 2 N–H and O–H groups in total. The van der Waals surface area contributed by atoms with Gasteiger partial charge >= 0.3 is 12.1 Å². The molecule has 0 spiro atoms. The van der Waals surface area contributed by atoms with Gasteiger partial charge in [-0.15, -0.1) is 0 Å². The van der Waals surface area contributed by atoms with Crippen LogP contribution < -0.4 is 15.4 Å². The fourth-order valence-electron chi connectivity index (χ4n) is 2.56. The Kier molecular flexibility index (Phi) is 7.23. The summed E-state index contributed by atoms with van der Waals surface area (Å²) in [7, 11) is 1.54. The van der Waals surface area contributed by atoms with Gasteiger partial charge in [0.05, 0.1) is 19.0 Å². The molecule has 0 aromatic carbocycles. The molecule has 1 aliphatic heterocycles. The number of aromatic nitrogens is 1. The summed E-state index contributed by atoms with van der Waals surface area (Å²) in [5.74, 6) is 0.492. The predicted octanol–water partition coefficient (Wildman–Crippen LogP) is 1.76. The normalized spacial score (nSPS) is 15.2. The number of anilines is 1. The first-order chi connectivity index (χ1) is 12.8. The smallest absolute Gasteiger partial charge is 0.410 e. The van der Waals surface area contributed by atoms with E-state index in [1.807, 2.05) is 20.8 Å². The Morgan fingerprint density at radius 2 is 1.89 bits per heavy atom. The van der Waals surface area contributed by atoms with Crippen LogP contribution in [-0.4, -0.2) is 78.9 Å².